The Balaban J connectivity index is 1.96. The van der Waals surface area contributed by atoms with E-state index in [4.69, 9.17) is 10.2 Å². The number of furan rings is 1. The first-order chi connectivity index (χ1) is 8.08. The fourth-order valence-corrected chi connectivity index (χ4v) is 3.14. The Morgan fingerprint density at radius 2 is 2.41 bits per heavy atom. The average Bonchev–Trinajstić information content (AvgIpc) is 2.75. The average molecular weight is 256 g/mol. The molecule has 1 fully saturated rings. The molecule has 2 unspecified atom stereocenters. The van der Waals surface area contributed by atoms with Crippen molar-refractivity contribution in [2.45, 2.75) is 17.5 Å². The highest BCUT2D eigenvalue weighted by Crippen LogP contribution is 2.23. The number of nitrogens with two attached hydrogens (primary N) is 1. The van der Waals surface area contributed by atoms with E-state index in [0.717, 1.165) is 5.56 Å². The normalized spacial score (nSPS) is 21.1. The molecule has 0 spiro atoms. The molecule has 0 aliphatic carbocycles. The largest absolute Gasteiger partial charge is 0.472 e. The lowest BCUT2D eigenvalue weighted by Gasteiger charge is -2.38. The third kappa shape index (κ3) is 2.55. The van der Waals surface area contributed by atoms with Crippen molar-refractivity contribution in [3.05, 3.63) is 24.2 Å². The SMILES string of the molecule is NC(=O)CN1C(=O)CC1S(=O)Cc1ccoc1. The van der Waals surface area contributed by atoms with Crippen LogP contribution in [-0.4, -0.2) is 32.8 Å². The first-order valence-corrected chi connectivity index (χ1v) is 6.42. The van der Waals surface area contributed by atoms with Crippen molar-refractivity contribution in [1.29, 1.82) is 0 Å². The highest BCUT2D eigenvalue weighted by Gasteiger charge is 2.40. The predicted octanol–water partition coefficient (Wildman–Crippen LogP) is -0.428. The van der Waals surface area contributed by atoms with E-state index in [9.17, 15) is 13.8 Å². The van der Waals surface area contributed by atoms with Gasteiger partial charge in [-0.25, -0.2) is 0 Å². The molecule has 2 N–H and O–H groups in total. The Labute approximate surface area is 100 Å². The number of hydrogen-bond donors (Lipinski definition) is 1. The summed E-state index contributed by atoms with van der Waals surface area (Å²) >= 11 is 0. The van der Waals surface area contributed by atoms with E-state index in [0.29, 0.717) is 5.75 Å². The van der Waals surface area contributed by atoms with Crippen LogP contribution in [0.4, 0.5) is 0 Å². The second-order valence-corrected chi connectivity index (χ2v) is 5.40. The summed E-state index contributed by atoms with van der Waals surface area (Å²) in [7, 11) is -1.24. The van der Waals surface area contributed by atoms with Crippen molar-refractivity contribution >= 4 is 22.6 Å². The molecule has 1 aromatic rings. The van der Waals surface area contributed by atoms with Crippen LogP contribution in [-0.2, 0) is 26.1 Å². The van der Waals surface area contributed by atoms with Gasteiger partial charge in [-0.3, -0.25) is 13.8 Å². The zero-order chi connectivity index (χ0) is 12.4. The van der Waals surface area contributed by atoms with E-state index in [1.54, 1.807) is 6.07 Å². The van der Waals surface area contributed by atoms with Gasteiger partial charge in [0.1, 0.15) is 11.9 Å². The monoisotopic (exact) mass is 256 g/mol. The zero-order valence-corrected chi connectivity index (χ0v) is 9.81. The van der Waals surface area contributed by atoms with Crippen molar-refractivity contribution < 1.29 is 18.2 Å². The maximum atomic E-state index is 12.0. The molecular formula is C10H12N2O4S. The summed E-state index contributed by atoms with van der Waals surface area (Å²) in [6, 6.07) is 1.72. The molecule has 1 aromatic heterocycles. The predicted molar refractivity (Wildman–Crippen MR) is 59.9 cm³/mol. The van der Waals surface area contributed by atoms with Crippen LogP contribution in [0.1, 0.15) is 12.0 Å². The lowest BCUT2D eigenvalue weighted by Crippen LogP contribution is -2.57. The highest BCUT2D eigenvalue weighted by atomic mass is 32.2. The molecule has 1 aliphatic heterocycles. The van der Waals surface area contributed by atoms with Gasteiger partial charge in [0.25, 0.3) is 0 Å². The van der Waals surface area contributed by atoms with Gasteiger partial charge in [0.15, 0.2) is 0 Å². The van der Waals surface area contributed by atoms with Gasteiger partial charge in [-0.1, -0.05) is 0 Å². The third-order valence-electron chi connectivity index (χ3n) is 2.54. The topological polar surface area (TPSA) is 93.6 Å². The molecular weight excluding hydrogens is 244 g/mol. The number of rotatable bonds is 5. The van der Waals surface area contributed by atoms with Gasteiger partial charge in [-0.05, 0) is 6.07 Å². The molecule has 7 heteroatoms. The molecule has 92 valence electrons. The van der Waals surface area contributed by atoms with Crippen LogP contribution < -0.4 is 5.73 Å². The Morgan fingerprint density at radius 1 is 1.65 bits per heavy atom. The molecule has 1 aliphatic rings. The van der Waals surface area contributed by atoms with E-state index in [2.05, 4.69) is 0 Å². The first kappa shape index (κ1) is 11.8. The van der Waals surface area contributed by atoms with Crippen molar-refractivity contribution in [1.82, 2.24) is 4.90 Å². The van der Waals surface area contributed by atoms with E-state index in [1.165, 1.54) is 17.4 Å². The van der Waals surface area contributed by atoms with Crippen LogP contribution in [0.2, 0.25) is 0 Å². The highest BCUT2D eigenvalue weighted by molar-refractivity contribution is 7.84. The second-order valence-electron chi connectivity index (χ2n) is 3.80. The number of primary amides is 1. The van der Waals surface area contributed by atoms with E-state index in [-0.39, 0.29) is 18.9 Å². The number of carbonyl (C=O) groups excluding carboxylic acids is 2. The Kier molecular flexibility index (Phi) is 3.28. The van der Waals surface area contributed by atoms with Gasteiger partial charge in [-0.15, -0.1) is 0 Å². The van der Waals surface area contributed by atoms with Crippen molar-refractivity contribution in [2.24, 2.45) is 5.73 Å². The van der Waals surface area contributed by atoms with Gasteiger partial charge in [0.2, 0.25) is 11.8 Å². The standard InChI is InChI=1S/C10H12N2O4S/c11-8(13)4-12-9(14)3-10(12)17(15)6-7-1-2-16-5-7/h1-2,5,10H,3-4,6H2,(H2,11,13). The molecule has 0 saturated carbocycles. The van der Waals surface area contributed by atoms with Crippen LogP contribution in [0.15, 0.2) is 23.0 Å². The summed E-state index contributed by atoms with van der Waals surface area (Å²) in [6.07, 6.45) is 3.22. The first-order valence-electron chi connectivity index (χ1n) is 5.04. The van der Waals surface area contributed by atoms with Crippen LogP contribution in [0.25, 0.3) is 0 Å². The van der Waals surface area contributed by atoms with E-state index in [1.807, 2.05) is 0 Å². The molecule has 2 rings (SSSR count). The summed E-state index contributed by atoms with van der Waals surface area (Å²) in [5.74, 6) is -0.471. The number of hydrogen-bond acceptors (Lipinski definition) is 4. The molecule has 2 atom stereocenters. The summed E-state index contributed by atoms with van der Waals surface area (Å²) in [5, 5.41) is -0.412. The summed E-state index contributed by atoms with van der Waals surface area (Å²) in [5.41, 5.74) is 5.82. The third-order valence-corrected chi connectivity index (χ3v) is 4.18. The molecule has 0 aromatic carbocycles. The molecule has 0 bridgehead atoms. The molecule has 17 heavy (non-hydrogen) atoms. The van der Waals surface area contributed by atoms with Gasteiger partial charge >= 0.3 is 0 Å². The second kappa shape index (κ2) is 4.70. The van der Waals surface area contributed by atoms with Gasteiger partial charge in [0, 0.05) is 16.4 Å². The molecule has 2 amide bonds. The van der Waals surface area contributed by atoms with Gasteiger partial charge in [0.05, 0.1) is 24.7 Å². The van der Waals surface area contributed by atoms with Crippen LogP contribution in [0.3, 0.4) is 0 Å². The summed E-state index contributed by atoms with van der Waals surface area (Å²) in [6.45, 7) is -0.166. The number of amides is 2. The number of β-lactam (4-membered cyclic amide) rings is 1. The molecule has 2 heterocycles. The Bertz CT molecular complexity index is 457. The Hall–Kier alpha value is -1.63. The smallest absolute Gasteiger partial charge is 0.237 e. The fraction of sp³-hybridized carbons (Fsp3) is 0.400. The van der Waals surface area contributed by atoms with Crippen LogP contribution in [0.5, 0.6) is 0 Å². The van der Waals surface area contributed by atoms with E-state index >= 15 is 0 Å². The summed E-state index contributed by atoms with van der Waals surface area (Å²) < 4.78 is 16.8. The number of nitrogens with zero attached hydrogens (tertiary/aromatic N) is 1. The van der Waals surface area contributed by atoms with Crippen molar-refractivity contribution in [3.8, 4) is 0 Å². The van der Waals surface area contributed by atoms with Crippen LogP contribution in [0, 0.1) is 0 Å². The maximum Gasteiger partial charge on any atom is 0.237 e. The van der Waals surface area contributed by atoms with Crippen molar-refractivity contribution in [3.63, 3.8) is 0 Å². The summed E-state index contributed by atoms with van der Waals surface area (Å²) in [4.78, 5) is 23.3. The fourth-order valence-electron chi connectivity index (χ4n) is 1.65. The minimum Gasteiger partial charge on any atom is -0.472 e. The molecule has 0 radical (unpaired) electrons. The molecule has 6 nitrogen and oxygen atoms in total. The quantitative estimate of drug-likeness (QED) is 0.723. The van der Waals surface area contributed by atoms with E-state index < -0.39 is 22.1 Å². The lowest BCUT2D eigenvalue weighted by atomic mass is 10.2. The minimum atomic E-state index is -1.24. The Morgan fingerprint density at radius 3 is 2.94 bits per heavy atom. The van der Waals surface area contributed by atoms with Crippen molar-refractivity contribution in [2.75, 3.05) is 6.54 Å². The number of likely N-dealkylation sites (tertiary alicyclic amines) is 1. The van der Waals surface area contributed by atoms with Crippen LogP contribution >= 0.6 is 0 Å². The lowest BCUT2D eigenvalue weighted by molar-refractivity contribution is -0.144. The number of carbonyl (C=O) groups is 2. The molecule has 1 saturated heterocycles. The maximum absolute atomic E-state index is 12.0. The van der Waals surface area contributed by atoms with Gasteiger partial charge < -0.3 is 15.1 Å². The minimum absolute atomic E-state index is 0.166. The van der Waals surface area contributed by atoms with Gasteiger partial charge in [-0.2, -0.15) is 0 Å². The zero-order valence-electron chi connectivity index (χ0n) is 9.00.